The highest BCUT2D eigenvalue weighted by Crippen LogP contribution is 2.30. The van der Waals surface area contributed by atoms with E-state index in [1.807, 2.05) is 0 Å². The van der Waals surface area contributed by atoms with Crippen molar-refractivity contribution in [2.45, 2.75) is 18.4 Å². The van der Waals surface area contributed by atoms with Crippen molar-refractivity contribution >= 4 is 5.78 Å². The molecule has 2 aliphatic heterocycles. The molecule has 10 heavy (non-hydrogen) atoms. The molecule has 0 amide bonds. The third-order valence-corrected chi connectivity index (χ3v) is 2.20. The van der Waals surface area contributed by atoms with Gasteiger partial charge in [0.25, 0.3) is 0 Å². The number of Topliss-reactive ketones (excluding diaryl/α,β-unsaturated/α-hetero) is 1. The smallest absolute Gasteiger partial charge is 0.169 e. The minimum Gasteiger partial charge on any atom is -0.378 e. The SMILES string of the molecule is O=C1CCOC12CCOC2. The molecular formula is C7H10O3. The zero-order valence-corrected chi connectivity index (χ0v) is 5.76. The maximum Gasteiger partial charge on any atom is 0.169 e. The summed E-state index contributed by atoms with van der Waals surface area (Å²) in [6, 6.07) is 0. The average molecular weight is 142 g/mol. The highest BCUT2D eigenvalue weighted by atomic mass is 16.6. The lowest BCUT2D eigenvalue weighted by atomic mass is 9.98. The zero-order valence-electron chi connectivity index (χ0n) is 5.76. The maximum absolute atomic E-state index is 11.2. The van der Waals surface area contributed by atoms with Crippen LogP contribution in [-0.4, -0.2) is 31.2 Å². The number of ketones is 1. The van der Waals surface area contributed by atoms with Crippen LogP contribution in [0.3, 0.4) is 0 Å². The van der Waals surface area contributed by atoms with Crippen molar-refractivity contribution in [3.63, 3.8) is 0 Å². The Kier molecular flexibility index (Phi) is 1.28. The second kappa shape index (κ2) is 2.04. The summed E-state index contributed by atoms with van der Waals surface area (Å²) in [6.45, 7) is 1.74. The third kappa shape index (κ3) is 0.707. The molecule has 56 valence electrons. The van der Waals surface area contributed by atoms with Gasteiger partial charge in [-0.2, -0.15) is 0 Å². The maximum atomic E-state index is 11.2. The van der Waals surface area contributed by atoms with Gasteiger partial charge in [-0.25, -0.2) is 0 Å². The average Bonchev–Trinajstić information content (AvgIpc) is 2.48. The second-order valence-electron chi connectivity index (χ2n) is 2.82. The number of hydrogen-bond acceptors (Lipinski definition) is 3. The Bertz CT molecular complexity index is 153. The molecule has 0 N–H and O–H groups in total. The van der Waals surface area contributed by atoms with E-state index in [4.69, 9.17) is 9.47 Å². The predicted octanol–water partition coefficient (Wildman–Crippen LogP) is 0.135. The van der Waals surface area contributed by atoms with Crippen molar-refractivity contribution in [1.82, 2.24) is 0 Å². The van der Waals surface area contributed by atoms with E-state index >= 15 is 0 Å². The monoisotopic (exact) mass is 142 g/mol. The fourth-order valence-corrected chi connectivity index (χ4v) is 1.53. The van der Waals surface area contributed by atoms with Crippen molar-refractivity contribution in [3.05, 3.63) is 0 Å². The summed E-state index contributed by atoms with van der Waals surface area (Å²) < 4.78 is 10.4. The Balaban J connectivity index is 2.19. The standard InChI is InChI=1S/C7H10O3/c8-6-1-3-10-7(6)2-4-9-5-7/h1-5H2. The Morgan fingerprint density at radius 3 is 2.80 bits per heavy atom. The van der Waals surface area contributed by atoms with Gasteiger partial charge in [0.05, 0.1) is 19.8 Å². The lowest BCUT2D eigenvalue weighted by molar-refractivity contribution is -0.131. The first-order valence-electron chi connectivity index (χ1n) is 3.58. The first-order chi connectivity index (χ1) is 4.83. The fraction of sp³-hybridized carbons (Fsp3) is 0.857. The van der Waals surface area contributed by atoms with Crippen LogP contribution in [0.1, 0.15) is 12.8 Å². The molecule has 0 bridgehead atoms. The molecule has 0 aliphatic carbocycles. The first-order valence-corrected chi connectivity index (χ1v) is 3.58. The Morgan fingerprint density at radius 1 is 1.40 bits per heavy atom. The molecule has 2 saturated heterocycles. The van der Waals surface area contributed by atoms with E-state index in [1.54, 1.807) is 0 Å². The van der Waals surface area contributed by atoms with E-state index < -0.39 is 5.60 Å². The second-order valence-corrected chi connectivity index (χ2v) is 2.82. The van der Waals surface area contributed by atoms with Crippen LogP contribution in [0.4, 0.5) is 0 Å². The molecular weight excluding hydrogens is 132 g/mol. The van der Waals surface area contributed by atoms with Crippen molar-refractivity contribution in [2.24, 2.45) is 0 Å². The molecule has 0 aromatic carbocycles. The summed E-state index contributed by atoms with van der Waals surface area (Å²) in [5.74, 6) is 0.227. The van der Waals surface area contributed by atoms with Crippen molar-refractivity contribution in [2.75, 3.05) is 19.8 Å². The predicted molar refractivity (Wildman–Crippen MR) is 33.7 cm³/mol. The van der Waals surface area contributed by atoms with Gasteiger partial charge in [-0.15, -0.1) is 0 Å². The molecule has 0 radical (unpaired) electrons. The van der Waals surface area contributed by atoms with Crippen molar-refractivity contribution in [3.8, 4) is 0 Å². The largest absolute Gasteiger partial charge is 0.378 e. The van der Waals surface area contributed by atoms with Crippen LogP contribution < -0.4 is 0 Å². The topological polar surface area (TPSA) is 35.5 Å². The van der Waals surface area contributed by atoms with Crippen LogP contribution >= 0.6 is 0 Å². The molecule has 2 rings (SSSR count). The Hall–Kier alpha value is -0.410. The molecule has 0 aromatic heterocycles. The molecule has 2 fully saturated rings. The number of carbonyl (C=O) groups is 1. The summed E-state index contributed by atoms with van der Waals surface area (Å²) in [6.07, 6.45) is 1.33. The molecule has 2 heterocycles. The molecule has 3 heteroatoms. The molecule has 1 unspecified atom stereocenters. The van der Waals surface area contributed by atoms with E-state index in [0.717, 1.165) is 6.42 Å². The minimum absolute atomic E-state index is 0.227. The third-order valence-electron chi connectivity index (χ3n) is 2.20. The van der Waals surface area contributed by atoms with E-state index in [-0.39, 0.29) is 5.78 Å². The summed E-state index contributed by atoms with van der Waals surface area (Å²) in [5, 5.41) is 0. The zero-order chi connectivity index (χ0) is 7.03. The highest BCUT2D eigenvalue weighted by molar-refractivity contribution is 5.89. The summed E-state index contributed by atoms with van der Waals surface area (Å²) in [4.78, 5) is 11.2. The van der Waals surface area contributed by atoms with Crippen LogP contribution in [0.2, 0.25) is 0 Å². The lowest BCUT2D eigenvalue weighted by Crippen LogP contribution is -2.35. The van der Waals surface area contributed by atoms with Crippen LogP contribution in [0.15, 0.2) is 0 Å². The molecule has 1 atom stereocenters. The van der Waals surface area contributed by atoms with Gasteiger partial charge in [-0.1, -0.05) is 0 Å². The van der Waals surface area contributed by atoms with Crippen LogP contribution in [0.25, 0.3) is 0 Å². The normalized spacial score (nSPS) is 39.8. The van der Waals surface area contributed by atoms with Crippen LogP contribution in [0.5, 0.6) is 0 Å². The number of ether oxygens (including phenoxy) is 2. The van der Waals surface area contributed by atoms with Crippen LogP contribution in [-0.2, 0) is 14.3 Å². The highest BCUT2D eigenvalue weighted by Gasteiger charge is 2.46. The van der Waals surface area contributed by atoms with Gasteiger partial charge in [-0.3, -0.25) is 4.79 Å². The lowest BCUT2D eigenvalue weighted by Gasteiger charge is -2.16. The van der Waals surface area contributed by atoms with Gasteiger partial charge in [0.1, 0.15) is 0 Å². The number of hydrogen-bond donors (Lipinski definition) is 0. The van der Waals surface area contributed by atoms with Crippen molar-refractivity contribution < 1.29 is 14.3 Å². The van der Waals surface area contributed by atoms with Gasteiger partial charge >= 0.3 is 0 Å². The van der Waals surface area contributed by atoms with E-state index in [1.165, 1.54) is 0 Å². The van der Waals surface area contributed by atoms with Crippen molar-refractivity contribution in [1.29, 1.82) is 0 Å². The number of rotatable bonds is 0. The summed E-state index contributed by atoms with van der Waals surface area (Å²) in [5.41, 5.74) is -0.514. The van der Waals surface area contributed by atoms with Gasteiger partial charge < -0.3 is 9.47 Å². The van der Waals surface area contributed by atoms with E-state index in [2.05, 4.69) is 0 Å². The summed E-state index contributed by atoms with van der Waals surface area (Å²) >= 11 is 0. The fourth-order valence-electron chi connectivity index (χ4n) is 1.53. The van der Waals surface area contributed by atoms with Gasteiger partial charge in [0.15, 0.2) is 11.4 Å². The Morgan fingerprint density at radius 2 is 2.30 bits per heavy atom. The Labute approximate surface area is 59.3 Å². The van der Waals surface area contributed by atoms with E-state index in [0.29, 0.717) is 26.2 Å². The molecule has 1 spiro atoms. The minimum atomic E-state index is -0.514. The first kappa shape index (κ1) is 6.31. The van der Waals surface area contributed by atoms with E-state index in [9.17, 15) is 4.79 Å². The van der Waals surface area contributed by atoms with Gasteiger partial charge in [0.2, 0.25) is 0 Å². The molecule has 3 nitrogen and oxygen atoms in total. The van der Waals surface area contributed by atoms with Gasteiger partial charge in [-0.05, 0) is 0 Å². The van der Waals surface area contributed by atoms with Gasteiger partial charge in [0, 0.05) is 12.8 Å². The number of carbonyl (C=O) groups excluding carboxylic acids is 1. The molecule has 0 aromatic rings. The molecule has 2 aliphatic rings. The summed E-state index contributed by atoms with van der Waals surface area (Å²) in [7, 11) is 0. The molecule has 0 saturated carbocycles. The quantitative estimate of drug-likeness (QED) is 0.482. The van der Waals surface area contributed by atoms with Crippen LogP contribution in [0, 0.1) is 0 Å².